The fourth-order valence-corrected chi connectivity index (χ4v) is 2.27. The minimum atomic E-state index is 0.215. The summed E-state index contributed by atoms with van der Waals surface area (Å²) in [5, 5.41) is 18.0. The number of pyridine rings is 1. The van der Waals surface area contributed by atoms with Gasteiger partial charge < -0.3 is 5.11 Å². The number of nitrogens with zero attached hydrogens (tertiary/aromatic N) is 4. The van der Waals surface area contributed by atoms with Crippen LogP contribution in [0.3, 0.4) is 0 Å². The fraction of sp³-hybridized carbons (Fsp3) is 0.235. The van der Waals surface area contributed by atoms with Crippen molar-refractivity contribution in [3.63, 3.8) is 0 Å². The molecular weight excluding hydrogens is 276 g/mol. The van der Waals surface area contributed by atoms with E-state index < -0.39 is 0 Å². The van der Waals surface area contributed by atoms with Crippen LogP contribution in [0.4, 0.5) is 11.5 Å². The van der Waals surface area contributed by atoms with Crippen molar-refractivity contribution in [2.45, 2.75) is 26.7 Å². The van der Waals surface area contributed by atoms with Gasteiger partial charge in [0.2, 0.25) is 0 Å². The maximum Gasteiger partial charge on any atom is 0.183 e. The second-order valence-corrected chi connectivity index (χ2v) is 5.63. The SMILES string of the molecule is Cc1ccc2nc(C(C)C)c(N=Nc3ccc(O)cc3)n2c1. The Morgan fingerprint density at radius 1 is 1.05 bits per heavy atom. The van der Waals surface area contributed by atoms with Crippen molar-refractivity contribution < 1.29 is 5.11 Å². The summed E-state index contributed by atoms with van der Waals surface area (Å²) in [5.41, 5.74) is 3.62. The molecule has 112 valence electrons. The average molecular weight is 294 g/mol. The maximum absolute atomic E-state index is 9.31. The number of aromatic nitrogens is 2. The first-order chi connectivity index (χ1) is 10.5. The molecule has 0 amide bonds. The van der Waals surface area contributed by atoms with Crippen LogP contribution in [0.25, 0.3) is 5.65 Å². The summed E-state index contributed by atoms with van der Waals surface area (Å²) in [4.78, 5) is 4.65. The molecule has 0 aliphatic carbocycles. The Morgan fingerprint density at radius 2 is 1.77 bits per heavy atom. The Morgan fingerprint density at radius 3 is 2.45 bits per heavy atom. The molecule has 22 heavy (non-hydrogen) atoms. The normalized spacial score (nSPS) is 11.8. The monoisotopic (exact) mass is 294 g/mol. The van der Waals surface area contributed by atoms with Crippen LogP contribution in [0.5, 0.6) is 5.75 Å². The van der Waals surface area contributed by atoms with Gasteiger partial charge in [-0.25, -0.2) is 4.98 Å². The number of hydrogen-bond donors (Lipinski definition) is 1. The highest BCUT2D eigenvalue weighted by molar-refractivity contribution is 5.54. The van der Waals surface area contributed by atoms with Crippen LogP contribution in [0.1, 0.15) is 31.0 Å². The number of aryl methyl sites for hydroxylation is 1. The Balaban J connectivity index is 2.09. The number of imidazole rings is 1. The number of phenols is 1. The van der Waals surface area contributed by atoms with Crippen LogP contribution in [-0.4, -0.2) is 14.5 Å². The predicted octanol–water partition coefficient (Wildman–Crippen LogP) is 4.89. The molecule has 0 spiro atoms. The highest BCUT2D eigenvalue weighted by atomic mass is 16.3. The van der Waals surface area contributed by atoms with Gasteiger partial charge in [-0.2, -0.15) is 0 Å². The molecule has 0 radical (unpaired) electrons. The van der Waals surface area contributed by atoms with Gasteiger partial charge in [0.05, 0.1) is 11.4 Å². The molecule has 0 saturated heterocycles. The van der Waals surface area contributed by atoms with E-state index in [1.165, 1.54) is 0 Å². The van der Waals surface area contributed by atoms with Gasteiger partial charge in [0.15, 0.2) is 5.82 Å². The summed E-state index contributed by atoms with van der Waals surface area (Å²) in [6.07, 6.45) is 2.01. The molecular formula is C17H18N4O. The molecule has 2 aromatic heterocycles. The largest absolute Gasteiger partial charge is 0.508 e. The zero-order valence-corrected chi connectivity index (χ0v) is 12.9. The van der Waals surface area contributed by atoms with Gasteiger partial charge in [0.25, 0.3) is 0 Å². The second-order valence-electron chi connectivity index (χ2n) is 5.63. The molecule has 5 heteroatoms. The van der Waals surface area contributed by atoms with E-state index in [0.717, 1.165) is 22.7 Å². The molecule has 5 nitrogen and oxygen atoms in total. The first-order valence-corrected chi connectivity index (χ1v) is 7.24. The lowest BCUT2D eigenvalue weighted by molar-refractivity contribution is 0.475. The Bertz CT molecular complexity index is 832. The lowest BCUT2D eigenvalue weighted by atomic mass is 10.1. The van der Waals surface area contributed by atoms with Gasteiger partial charge in [0.1, 0.15) is 11.4 Å². The second kappa shape index (κ2) is 5.60. The molecule has 0 fully saturated rings. The smallest absolute Gasteiger partial charge is 0.183 e. The number of aromatic hydroxyl groups is 1. The van der Waals surface area contributed by atoms with E-state index in [9.17, 15) is 5.11 Å². The highest BCUT2D eigenvalue weighted by Crippen LogP contribution is 2.29. The summed E-state index contributed by atoms with van der Waals surface area (Å²) in [5.74, 6) is 1.22. The third-order valence-corrected chi connectivity index (χ3v) is 3.42. The molecule has 0 aliphatic heterocycles. The number of benzene rings is 1. The Kier molecular flexibility index (Phi) is 3.63. The summed E-state index contributed by atoms with van der Waals surface area (Å²) in [6.45, 7) is 6.22. The van der Waals surface area contributed by atoms with Crippen LogP contribution < -0.4 is 0 Å². The molecule has 0 saturated carbocycles. The van der Waals surface area contributed by atoms with Crippen molar-refractivity contribution in [1.29, 1.82) is 0 Å². The van der Waals surface area contributed by atoms with Crippen molar-refractivity contribution in [3.05, 3.63) is 53.9 Å². The topological polar surface area (TPSA) is 62.2 Å². The van der Waals surface area contributed by atoms with Crippen molar-refractivity contribution in [3.8, 4) is 5.75 Å². The minimum absolute atomic E-state index is 0.215. The number of hydrogen-bond acceptors (Lipinski definition) is 4. The third kappa shape index (κ3) is 2.70. The molecule has 0 aliphatic rings. The number of fused-ring (bicyclic) bond motifs is 1. The Hall–Kier alpha value is -2.69. The summed E-state index contributed by atoms with van der Waals surface area (Å²) < 4.78 is 1.97. The lowest BCUT2D eigenvalue weighted by Gasteiger charge is -2.02. The summed E-state index contributed by atoms with van der Waals surface area (Å²) in [7, 11) is 0. The van der Waals surface area contributed by atoms with Crippen LogP contribution >= 0.6 is 0 Å². The van der Waals surface area contributed by atoms with Crippen molar-refractivity contribution in [1.82, 2.24) is 9.38 Å². The molecule has 3 rings (SSSR count). The standard InChI is InChI=1S/C17H18N4O/c1-11(2)16-17(20-19-13-5-7-14(22)8-6-13)21-10-12(3)4-9-15(21)18-16/h4-11,22H,1-3H3. The number of phenolic OH excluding ortho intramolecular Hbond substituents is 1. The van der Waals surface area contributed by atoms with Crippen molar-refractivity contribution >= 4 is 17.2 Å². The lowest BCUT2D eigenvalue weighted by Crippen LogP contribution is -1.88. The third-order valence-electron chi connectivity index (χ3n) is 3.42. The van der Waals surface area contributed by atoms with Crippen molar-refractivity contribution in [2.24, 2.45) is 10.2 Å². The fourth-order valence-electron chi connectivity index (χ4n) is 2.27. The Labute approximate surface area is 129 Å². The molecule has 0 atom stereocenters. The zero-order valence-electron chi connectivity index (χ0n) is 12.9. The number of rotatable bonds is 3. The quantitative estimate of drug-likeness (QED) is 0.699. The van der Waals surface area contributed by atoms with Crippen LogP contribution in [-0.2, 0) is 0 Å². The van der Waals surface area contributed by atoms with Gasteiger partial charge in [-0.15, -0.1) is 10.2 Å². The van der Waals surface area contributed by atoms with Gasteiger partial charge >= 0.3 is 0 Å². The van der Waals surface area contributed by atoms with Crippen LogP contribution in [0.2, 0.25) is 0 Å². The van der Waals surface area contributed by atoms with Gasteiger partial charge in [-0.3, -0.25) is 4.40 Å². The molecule has 2 heterocycles. The number of azo groups is 1. The van der Waals surface area contributed by atoms with E-state index in [4.69, 9.17) is 0 Å². The van der Waals surface area contributed by atoms with E-state index in [1.54, 1.807) is 24.3 Å². The van der Waals surface area contributed by atoms with Gasteiger partial charge in [-0.1, -0.05) is 19.9 Å². The van der Waals surface area contributed by atoms with E-state index in [1.807, 2.05) is 29.7 Å². The molecule has 0 unspecified atom stereocenters. The van der Waals surface area contributed by atoms with Gasteiger partial charge in [0, 0.05) is 6.20 Å². The first-order valence-electron chi connectivity index (χ1n) is 7.24. The van der Waals surface area contributed by atoms with Crippen molar-refractivity contribution in [2.75, 3.05) is 0 Å². The summed E-state index contributed by atoms with van der Waals surface area (Å²) in [6, 6.07) is 10.7. The molecule has 1 aromatic carbocycles. The minimum Gasteiger partial charge on any atom is -0.508 e. The first kappa shape index (κ1) is 14.3. The highest BCUT2D eigenvalue weighted by Gasteiger charge is 2.15. The predicted molar refractivity (Wildman–Crippen MR) is 86.3 cm³/mol. The van der Waals surface area contributed by atoms with E-state index in [0.29, 0.717) is 5.69 Å². The van der Waals surface area contributed by atoms with E-state index >= 15 is 0 Å². The molecule has 3 aromatic rings. The van der Waals surface area contributed by atoms with E-state index in [-0.39, 0.29) is 11.7 Å². The zero-order chi connectivity index (χ0) is 15.7. The van der Waals surface area contributed by atoms with Gasteiger partial charge in [-0.05, 0) is 48.7 Å². The summed E-state index contributed by atoms with van der Waals surface area (Å²) >= 11 is 0. The van der Waals surface area contributed by atoms with Crippen LogP contribution in [0, 0.1) is 6.92 Å². The maximum atomic E-state index is 9.31. The molecule has 0 bridgehead atoms. The van der Waals surface area contributed by atoms with E-state index in [2.05, 4.69) is 29.1 Å². The average Bonchev–Trinajstić information content (AvgIpc) is 2.85. The van der Waals surface area contributed by atoms with Crippen LogP contribution in [0.15, 0.2) is 52.8 Å². The molecule has 1 N–H and O–H groups in total.